The van der Waals surface area contributed by atoms with E-state index in [4.69, 9.17) is 5.21 Å². The first-order chi connectivity index (χ1) is 13.4. The van der Waals surface area contributed by atoms with E-state index in [-0.39, 0.29) is 4.90 Å². The number of sulfonamides is 1. The van der Waals surface area contributed by atoms with Crippen LogP contribution in [0.25, 0.3) is 16.8 Å². The summed E-state index contributed by atoms with van der Waals surface area (Å²) in [4.78, 5) is 11.1. The van der Waals surface area contributed by atoms with Gasteiger partial charge in [0.2, 0.25) is 0 Å². The van der Waals surface area contributed by atoms with Crippen LogP contribution >= 0.6 is 0 Å². The summed E-state index contributed by atoms with van der Waals surface area (Å²) >= 11 is 0. The minimum absolute atomic E-state index is 0.00694. The summed E-state index contributed by atoms with van der Waals surface area (Å²) in [5.41, 5.74) is 2.74. The van der Waals surface area contributed by atoms with Gasteiger partial charge in [0.15, 0.2) is 0 Å². The minimum atomic E-state index is -3.91. The number of carbonyl (C=O) groups is 1. The first-order valence-electron chi connectivity index (χ1n) is 8.11. The van der Waals surface area contributed by atoms with Gasteiger partial charge < -0.3 is 0 Å². The van der Waals surface area contributed by atoms with Crippen molar-refractivity contribution in [1.29, 1.82) is 5.26 Å². The molecule has 3 rings (SSSR count). The average Bonchev–Trinajstić information content (AvgIpc) is 2.72. The molecular formula is C20H15N3O4S. The van der Waals surface area contributed by atoms with Gasteiger partial charge in [0.25, 0.3) is 15.9 Å². The van der Waals surface area contributed by atoms with E-state index in [1.165, 1.54) is 23.7 Å². The number of hydroxylamine groups is 1. The lowest BCUT2D eigenvalue weighted by Gasteiger charge is -2.12. The van der Waals surface area contributed by atoms with Gasteiger partial charge in [-0.3, -0.25) is 14.7 Å². The Morgan fingerprint density at radius 3 is 2.50 bits per heavy atom. The Morgan fingerprint density at radius 1 is 1.04 bits per heavy atom. The summed E-state index contributed by atoms with van der Waals surface area (Å²) in [5.74, 6) is -0.726. The molecule has 0 aromatic heterocycles. The molecule has 7 nitrogen and oxygen atoms in total. The van der Waals surface area contributed by atoms with Crippen LogP contribution in [0.1, 0.15) is 11.1 Å². The number of nitriles is 1. The van der Waals surface area contributed by atoms with E-state index in [2.05, 4.69) is 10.8 Å². The molecule has 28 heavy (non-hydrogen) atoms. The second-order valence-corrected chi connectivity index (χ2v) is 7.49. The Balaban J connectivity index is 1.98. The number of amides is 1. The summed E-state index contributed by atoms with van der Waals surface area (Å²) in [6.45, 7) is 0. The first-order valence-corrected chi connectivity index (χ1v) is 9.60. The van der Waals surface area contributed by atoms with Crippen molar-refractivity contribution in [3.8, 4) is 6.07 Å². The van der Waals surface area contributed by atoms with Gasteiger partial charge >= 0.3 is 0 Å². The highest BCUT2D eigenvalue weighted by Crippen LogP contribution is 2.28. The molecule has 0 unspecified atom stereocenters. The van der Waals surface area contributed by atoms with Crippen LogP contribution in [0, 0.1) is 11.3 Å². The van der Waals surface area contributed by atoms with E-state index >= 15 is 0 Å². The minimum Gasteiger partial charge on any atom is -0.288 e. The maximum absolute atomic E-state index is 12.8. The highest BCUT2D eigenvalue weighted by atomic mass is 32.2. The van der Waals surface area contributed by atoms with Crippen LogP contribution < -0.4 is 10.2 Å². The molecule has 3 N–H and O–H groups in total. The Kier molecular flexibility index (Phi) is 5.40. The summed E-state index contributed by atoms with van der Waals surface area (Å²) < 4.78 is 28.2. The number of fused-ring (bicyclic) bond motifs is 1. The molecular weight excluding hydrogens is 378 g/mol. The highest BCUT2D eigenvalue weighted by molar-refractivity contribution is 7.92. The normalized spacial score (nSPS) is 11.3. The smallest absolute Gasteiger partial charge is 0.267 e. The molecule has 140 valence electrons. The largest absolute Gasteiger partial charge is 0.288 e. The number of carbonyl (C=O) groups excluding carboxylic acids is 1. The molecule has 0 bridgehead atoms. The highest BCUT2D eigenvalue weighted by Gasteiger charge is 2.16. The van der Waals surface area contributed by atoms with E-state index in [1.54, 1.807) is 48.5 Å². The van der Waals surface area contributed by atoms with Gasteiger partial charge in [-0.15, -0.1) is 0 Å². The molecule has 0 aliphatic rings. The van der Waals surface area contributed by atoms with E-state index in [9.17, 15) is 18.5 Å². The zero-order valence-corrected chi connectivity index (χ0v) is 15.3. The van der Waals surface area contributed by atoms with Gasteiger partial charge in [0.1, 0.15) is 0 Å². The van der Waals surface area contributed by atoms with Gasteiger partial charge in [-0.05, 0) is 35.9 Å². The second kappa shape index (κ2) is 7.92. The van der Waals surface area contributed by atoms with Gasteiger partial charge in [0, 0.05) is 16.8 Å². The topological polar surface area (TPSA) is 119 Å². The zero-order valence-electron chi connectivity index (χ0n) is 14.5. The third kappa shape index (κ3) is 4.01. The Morgan fingerprint density at radius 2 is 1.79 bits per heavy atom. The number of benzene rings is 3. The molecule has 3 aromatic carbocycles. The maximum atomic E-state index is 12.8. The van der Waals surface area contributed by atoms with E-state index in [0.717, 1.165) is 6.08 Å². The van der Waals surface area contributed by atoms with Crippen molar-refractivity contribution in [3.05, 3.63) is 77.9 Å². The summed E-state index contributed by atoms with van der Waals surface area (Å²) in [7, 11) is -3.91. The van der Waals surface area contributed by atoms with Crippen LogP contribution in [0.15, 0.2) is 71.6 Å². The van der Waals surface area contributed by atoms with Gasteiger partial charge in [-0.2, -0.15) is 5.26 Å². The van der Waals surface area contributed by atoms with Crippen LogP contribution in [0.5, 0.6) is 0 Å². The second-order valence-electron chi connectivity index (χ2n) is 5.81. The lowest BCUT2D eigenvalue weighted by Crippen LogP contribution is -2.15. The number of nitrogens with one attached hydrogen (secondary N) is 2. The molecule has 0 fully saturated rings. The van der Waals surface area contributed by atoms with Gasteiger partial charge in [0.05, 0.1) is 22.2 Å². The molecule has 0 saturated heterocycles. The molecule has 0 aliphatic heterocycles. The van der Waals surface area contributed by atoms with Crippen LogP contribution in [-0.4, -0.2) is 19.5 Å². The molecule has 0 atom stereocenters. The lowest BCUT2D eigenvalue weighted by atomic mass is 10.0. The van der Waals surface area contributed by atoms with Crippen molar-refractivity contribution in [2.24, 2.45) is 0 Å². The zero-order chi connectivity index (χ0) is 20.1. The van der Waals surface area contributed by atoms with Crippen molar-refractivity contribution >= 4 is 38.5 Å². The predicted octanol–water partition coefficient (Wildman–Crippen LogP) is 3.03. The standard InChI is InChI=1S/C20H15N3O4S/c21-13-15-9-10-19(18-7-2-1-6-17(15)18)23-28(26,27)16-5-3-4-14(12-16)8-11-20(24)22-25/h1-12,23,25H,(H,22,24)/b11-8+. The number of hydrogen-bond acceptors (Lipinski definition) is 5. The fourth-order valence-electron chi connectivity index (χ4n) is 2.68. The molecule has 0 aliphatic carbocycles. The Labute approximate surface area is 161 Å². The van der Waals surface area contributed by atoms with Crippen molar-refractivity contribution in [1.82, 2.24) is 5.48 Å². The van der Waals surface area contributed by atoms with Crippen molar-refractivity contribution in [2.45, 2.75) is 4.90 Å². The Bertz CT molecular complexity index is 1230. The lowest BCUT2D eigenvalue weighted by molar-refractivity contribution is -0.124. The Hall–Kier alpha value is -3.67. The molecule has 3 aromatic rings. The molecule has 0 saturated carbocycles. The third-order valence-electron chi connectivity index (χ3n) is 3.99. The summed E-state index contributed by atoms with van der Waals surface area (Å²) in [5, 5.41) is 19.0. The van der Waals surface area contributed by atoms with Gasteiger partial charge in [-0.1, -0.05) is 36.4 Å². The fourth-order valence-corrected chi connectivity index (χ4v) is 3.82. The van der Waals surface area contributed by atoms with Crippen molar-refractivity contribution < 1.29 is 18.4 Å². The molecule has 0 radical (unpaired) electrons. The van der Waals surface area contributed by atoms with Gasteiger partial charge in [-0.25, -0.2) is 13.9 Å². The van der Waals surface area contributed by atoms with Crippen LogP contribution in [-0.2, 0) is 14.8 Å². The summed E-state index contributed by atoms with van der Waals surface area (Å²) in [6, 6.07) is 18.2. The number of nitrogens with zero attached hydrogens (tertiary/aromatic N) is 1. The number of rotatable bonds is 5. The SMILES string of the molecule is N#Cc1ccc(NS(=O)(=O)c2cccc(/C=C/C(=O)NO)c2)c2ccccc12. The monoisotopic (exact) mass is 393 g/mol. The maximum Gasteiger partial charge on any atom is 0.267 e. The predicted molar refractivity (Wildman–Crippen MR) is 105 cm³/mol. The molecule has 0 spiro atoms. The van der Waals surface area contributed by atoms with Crippen molar-refractivity contribution in [3.63, 3.8) is 0 Å². The molecule has 8 heteroatoms. The fraction of sp³-hybridized carbons (Fsp3) is 0. The average molecular weight is 393 g/mol. The summed E-state index contributed by atoms with van der Waals surface area (Å²) in [6.07, 6.45) is 2.45. The van der Waals surface area contributed by atoms with Crippen LogP contribution in [0.2, 0.25) is 0 Å². The third-order valence-corrected chi connectivity index (χ3v) is 5.36. The van der Waals surface area contributed by atoms with E-state index in [1.807, 2.05) is 0 Å². The van der Waals surface area contributed by atoms with Crippen molar-refractivity contribution in [2.75, 3.05) is 4.72 Å². The van der Waals surface area contributed by atoms with E-state index < -0.39 is 15.9 Å². The number of hydrogen-bond donors (Lipinski definition) is 3. The first kappa shape index (κ1) is 19.1. The quantitative estimate of drug-likeness (QED) is 0.350. The van der Waals surface area contributed by atoms with Crippen LogP contribution in [0.4, 0.5) is 5.69 Å². The van der Waals surface area contributed by atoms with Crippen LogP contribution in [0.3, 0.4) is 0 Å². The number of anilines is 1. The van der Waals surface area contributed by atoms with E-state index in [0.29, 0.717) is 27.6 Å². The molecule has 1 amide bonds. The molecule has 0 heterocycles.